The monoisotopic (exact) mass is 409 g/mol. The second kappa shape index (κ2) is 8.13. The Morgan fingerprint density at radius 2 is 1.47 bits per heavy atom. The second-order valence-corrected chi connectivity index (χ2v) is 9.00. The zero-order chi connectivity index (χ0) is 22.1. The molecule has 2 aromatic carbocycles. The number of ether oxygens (including phenoxy) is 2. The van der Waals surface area contributed by atoms with Crippen LogP contribution in [0.4, 0.5) is 4.79 Å². The van der Waals surface area contributed by atoms with Crippen molar-refractivity contribution in [3.63, 3.8) is 0 Å². The number of fused-ring (bicyclic) bond motifs is 3. The van der Waals surface area contributed by atoms with Gasteiger partial charge in [0.2, 0.25) is 0 Å². The number of hydrogen-bond donors (Lipinski definition) is 1. The molecule has 0 spiro atoms. The predicted octanol–water partition coefficient (Wildman–Crippen LogP) is 4.90. The van der Waals surface area contributed by atoms with Gasteiger partial charge in [0.1, 0.15) is 11.1 Å². The third kappa shape index (κ3) is 4.35. The summed E-state index contributed by atoms with van der Waals surface area (Å²) in [4.78, 5) is 26.0. The highest BCUT2D eigenvalue weighted by molar-refractivity contribution is 5.89. The van der Waals surface area contributed by atoms with Crippen molar-refractivity contribution in [2.24, 2.45) is 0 Å². The van der Waals surface area contributed by atoms with Gasteiger partial charge in [-0.05, 0) is 74.9 Å². The number of amides is 1. The van der Waals surface area contributed by atoms with E-state index in [9.17, 15) is 9.59 Å². The molecule has 0 saturated heterocycles. The summed E-state index contributed by atoms with van der Waals surface area (Å²) in [6.45, 7) is 11.6. The molecule has 0 unspecified atom stereocenters. The zero-order valence-electron chi connectivity index (χ0n) is 18.7. The van der Waals surface area contributed by atoms with Crippen molar-refractivity contribution in [3.05, 3.63) is 58.7 Å². The van der Waals surface area contributed by atoms with Gasteiger partial charge in [0.05, 0.1) is 6.61 Å². The van der Waals surface area contributed by atoms with Gasteiger partial charge in [0.15, 0.2) is 0 Å². The van der Waals surface area contributed by atoms with E-state index in [1.54, 1.807) is 27.7 Å². The van der Waals surface area contributed by atoms with E-state index in [1.165, 1.54) is 0 Å². The van der Waals surface area contributed by atoms with Crippen molar-refractivity contribution < 1.29 is 19.1 Å². The average Bonchev–Trinajstić information content (AvgIpc) is 2.76. The predicted molar refractivity (Wildman–Crippen MR) is 117 cm³/mol. The molecule has 5 nitrogen and oxygen atoms in total. The van der Waals surface area contributed by atoms with E-state index < -0.39 is 23.2 Å². The van der Waals surface area contributed by atoms with Crippen LogP contribution in [0.3, 0.4) is 0 Å². The van der Waals surface area contributed by atoms with Gasteiger partial charge in [0.25, 0.3) is 0 Å². The number of carbonyl (C=O) groups is 2. The molecule has 0 aromatic heterocycles. The third-order valence-electron chi connectivity index (χ3n) is 5.36. The molecule has 1 amide bonds. The van der Waals surface area contributed by atoms with Crippen LogP contribution < -0.4 is 5.32 Å². The molecular weight excluding hydrogens is 378 g/mol. The lowest BCUT2D eigenvalue weighted by atomic mass is 9.86. The third-order valence-corrected chi connectivity index (χ3v) is 5.36. The zero-order valence-corrected chi connectivity index (χ0v) is 18.7. The smallest absolute Gasteiger partial charge is 0.408 e. The van der Waals surface area contributed by atoms with Crippen molar-refractivity contribution in [2.75, 3.05) is 6.61 Å². The Morgan fingerprint density at radius 1 is 0.967 bits per heavy atom. The summed E-state index contributed by atoms with van der Waals surface area (Å²) >= 11 is 0. The fourth-order valence-electron chi connectivity index (χ4n) is 4.23. The summed E-state index contributed by atoms with van der Waals surface area (Å²) < 4.78 is 11.0. The Labute approximate surface area is 178 Å². The number of alkyl carbamates (subject to hydrolysis) is 1. The first-order valence-electron chi connectivity index (χ1n) is 10.4. The van der Waals surface area contributed by atoms with Gasteiger partial charge in [-0.2, -0.15) is 0 Å². The minimum absolute atomic E-state index is 0.234. The fraction of sp³-hybridized carbons (Fsp3) is 0.440. The average molecular weight is 410 g/mol. The number of carbonyl (C=O) groups excluding carboxylic acids is 2. The Balaban J connectivity index is 2.19. The molecule has 1 aliphatic carbocycles. The lowest BCUT2D eigenvalue weighted by Crippen LogP contribution is -2.59. The summed E-state index contributed by atoms with van der Waals surface area (Å²) in [5.41, 5.74) is 4.62. The molecule has 1 aliphatic rings. The first kappa shape index (κ1) is 21.9. The van der Waals surface area contributed by atoms with Crippen molar-refractivity contribution in [1.29, 1.82) is 0 Å². The maximum atomic E-state index is 13.3. The standard InChI is InChI=1S/C25H31NO4/c1-7-29-22(27)25(26-23(28)30-24(4,5)6)14-18-12-8-10-16(2)20(18)21-17(3)11-9-13-19(21)15-25/h8-13H,7,14-15H2,1-6H3,(H,26,28). The topological polar surface area (TPSA) is 64.6 Å². The fourth-order valence-corrected chi connectivity index (χ4v) is 4.23. The lowest BCUT2D eigenvalue weighted by molar-refractivity contribution is -0.151. The van der Waals surface area contributed by atoms with Crippen LogP contribution >= 0.6 is 0 Å². The van der Waals surface area contributed by atoms with Crippen LogP contribution in [0.1, 0.15) is 49.9 Å². The quantitative estimate of drug-likeness (QED) is 0.733. The van der Waals surface area contributed by atoms with Gasteiger partial charge < -0.3 is 14.8 Å². The molecule has 160 valence electrons. The number of esters is 1. The maximum absolute atomic E-state index is 13.3. The number of aryl methyl sites for hydroxylation is 2. The second-order valence-electron chi connectivity index (χ2n) is 9.00. The SMILES string of the molecule is CCOC(=O)C1(NC(=O)OC(C)(C)C)Cc2cccc(C)c2-c2c(C)cccc2C1. The molecule has 3 rings (SSSR count). The Morgan fingerprint density at radius 3 is 1.90 bits per heavy atom. The minimum Gasteiger partial charge on any atom is -0.464 e. The highest BCUT2D eigenvalue weighted by atomic mass is 16.6. The maximum Gasteiger partial charge on any atom is 0.408 e. The Kier molecular flexibility index (Phi) is 5.93. The van der Waals surface area contributed by atoms with Gasteiger partial charge in [-0.1, -0.05) is 36.4 Å². The van der Waals surface area contributed by atoms with Gasteiger partial charge in [-0.3, -0.25) is 0 Å². The van der Waals surface area contributed by atoms with E-state index in [1.807, 2.05) is 24.3 Å². The Hall–Kier alpha value is -2.82. The van der Waals surface area contributed by atoms with Crippen molar-refractivity contribution in [2.45, 2.75) is 65.5 Å². The van der Waals surface area contributed by atoms with Gasteiger partial charge >= 0.3 is 12.1 Å². The lowest BCUT2D eigenvalue weighted by Gasteiger charge is -2.33. The van der Waals surface area contributed by atoms with E-state index in [0.717, 1.165) is 33.4 Å². The van der Waals surface area contributed by atoms with Gasteiger partial charge in [-0.15, -0.1) is 0 Å². The van der Waals surface area contributed by atoms with E-state index in [0.29, 0.717) is 12.8 Å². The molecule has 30 heavy (non-hydrogen) atoms. The molecule has 2 aromatic rings. The van der Waals surface area contributed by atoms with Crippen LogP contribution in [-0.2, 0) is 27.1 Å². The van der Waals surface area contributed by atoms with Crippen LogP contribution in [0.5, 0.6) is 0 Å². The molecule has 1 N–H and O–H groups in total. The van der Waals surface area contributed by atoms with E-state index in [4.69, 9.17) is 9.47 Å². The van der Waals surface area contributed by atoms with E-state index in [-0.39, 0.29) is 6.61 Å². The summed E-state index contributed by atoms with van der Waals surface area (Å²) in [5.74, 6) is -0.447. The largest absolute Gasteiger partial charge is 0.464 e. The van der Waals surface area contributed by atoms with Crippen molar-refractivity contribution >= 4 is 12.1 Å². The van der Waals surface area contributed by atoms with Crippen molar-refractivity contribution in [1.82, 2.24) is 5.32 Å². The summed E-state index contributed by atoms with van der Waals surface area (Å²) in [5, 5.41) is 2.90. The van der Waals surface area contributed by atoms with E-state index in [2.05, 4.69) is 31.3 Å². The summed E-state index contributed by atoms with van der Waals surface area (Å²) in [7, 11) is 0. The number of benzene rings is 2. The molecule has 0 saturated carbocycles. The first-order chi connectivity index (χ1) is 14.1. The summed E-state index contributed by atoms with van der Waals surface area (Å²) in [6, 6.07) is 12.2. The molecule has 0 fully saturated rings. The van der Waals surface area contributed by atoms with Crippen molar-refractivity contribution in [3.8, 4) is 11.1 Å². The van der Waals surface area contributed by atoms with Gasteiger partial charge in [-0.25, -0.2) is 9.59 Å². The molecule has 0 bridgehead atoms. The molecule has 0 aliphatic heterocycles. The molecular formula is C25H31NO4. The minimum atomic E-state index is -1.25. The highest BCUT2D eigenvalue weighted by Crippen LogP contribution is 2.40. The van der Waals surface area contributed by atoms with Crippen LogP contribution in [0.25, 0.3) is 11.1 Å². The number of hydrogen-bond acceptors (Lipinski definition) is 4. The Bertz CT molecular complexity index is 918. The summed E-state index contributed by atoms with van der Waals surface area (Å²) in [6.07, 6.45) is 0.0349. The van der Waals surface area contributed by atoms with Crippen LogP contribution in [-0.4, -0.2) is 29.8 Å². The van der Waals surface area contributed by atoms with Crippen LogP contribution in [0, 0.1) is 13.8 Å². The highest BCUT2D eigenvalue weighted by Gasteiger charge is 2.45. The molecule has 0 radical (unpaired) electrons. The molecule has 5 heteroatoms. The van der Waals surface area contributed by atoms with Gasteiger partial charge in [0, 0.05) is 12.8 Å². The molecule has 0 heterocycles. The number of rotatable bonds is 3. The van der Waals surface area contributed by atoms with E-state index >= 15 is 0 Å². The van der Waals surface area contributed by atoms with Crippen LogP contribution in [0.15, 0.2) is 36.4 Å². The number of nitrogens with one attached hydrogen (secondary N) is 1. The first-order valence-corrected chi connectivity index (χ1v) is 10.4. The molecule has 0 atom stereocenters. The normalized spacial score (nSPS) is 14.7. The van der Waals surface area contributed by atoms with Crippen LogP contribution in [0.2, 0.25) is 0 Å².